The number of oxazole rings is 1. The molecule has 25 heavy (non-hydrogen) atoms. The molecule has 0 saturated carbocycles. The molecule has 7 heteroatoms. The van der Waals surface area contributed by atoms with Crippen LogP contribution in [-0.2, 0) is 11.3 Å². The molecule has 2 aromatic carbocycles. The third-order valence-electron chi connectivity index (χ3n) is 3.82. The number of para-hydroxylation sites is 1. The molecular formula is C18H14N4O3. The quantitative estimate of drug-likeness (QED) is 0.621. The molecule has 0 aliphatic rings. The predicted molar refractivity (Wildman–Crippen MR) is 93.4 cm³/mol. The Labute approximate surface area is 141 Å². The average Bonchev–Trinajstić information content (AvgIpc) is 2.97. The van der Waals surface area contributed by atoms with Crippen molar-refractivity contribution in [2.24, 2.45) is 0 Å². The van der Waals surface area contributed by atoms with Crippen molar-refractivity contribution in [2.75, 3.05) is 5.32 Å². The molecule has 0 radical (unpaired) electrons. The van der Waals surface area contributed by atoms with Gasteiger partial charge in [0, 0.05) is 12.6 Å². The van der Waals surface area contributed by atoms with Crippen molar-refractivity contribution < 1.29 is 9.21 Å². The highest BCUT2D eigenvalue weighted by Crippen LogP contribution is 2.19. The van der Waals surface area contributed by atoms with Gasteiger partial charge >= 0.3 is 0 Å². The number of hydrogen-bond donors (Lipinski definition) is 1. The van der Waals surface area contributed by atoms with Crippen LogP contribution in [0.5, 0.6) is 0 Å². The van der Waals surface area contributed by atoms with Crippen LogP contribution in [0.1, 0.15) is 5.89 Å². The normalized spacial score (nSPS) is 11.1. The van der Waals surface area contributed by atoms with E-state index in [9.17, 15) is 9.59 Å². The number of benzene rings is 2. The Bertz CT molecular complexity index is 1160. The summed E-state index contributed by atoms with van der Waals surface area (Å²) in [5, 5.41) is 3.24. The second kappa shape index (κ2) is 5.86. The minimum Gasteiger partial charge on any atom is -0.441 e. The van der Waals surface area contributed by atoms with Crippen molar-refractivity contribution in [3.05, 3.63) is 65.0 Å². The van der Waals surface area contributed by atoms with Crippen molar-refractivity contribution in [2.45, 2.75) is 13.5 Å². The molecule has 7 nitrogen and oxygen atoms in total. The van der Waals surface area contributed by atoms with Crippen molar-refractivity contribution in [3.8, 4) is 0 Å². The SMILES string of the molecule is Cc1nc2cc(NC(=O)Cn3cnc4ccccc4c3=O)ccc2o1. The van der Waals surface area contributed by atoms with Crippen LogP contribution in [0, 0.1) is 6.92 Å². The summed E-state index contributed by atoms with van der Waals surface area (Å²) in [6, 6.07) is 12.2. The van der Waals surface area contributed by atoms with E-state index in [1.165, 1.54) is 10.9 Å². The Morgan fingerprint density at radius 2 is 2.04 bits per heavy atom. The monoisotopic (exact) mass is 334 g/mol. The first kappa shape index (κ1) is 15.1. The Hall–Kier alpha value is -3.48. The fourth-order valence-corrected chi connectivity index (χ4v) is 2.69. The van der Waals surface area contributed by atoms with E-state index >= 15 is 0 Å². The first-order valence-corrected chi connectivity index (χ1v) is 7.71. The van der Waals surface area contributed by atoms with Crippen LogP contribution in [0.15, 0.2) is 58.0 Å². The highest BCUT2D eigenvalue weighted by molar-refractivity contribution is 5.92. The first-order valence-electron chi connectivity index (χ1n) is 7.71. The van der Waals surface area contributed by atoms with E-state index in [1.54, 1.807) is 43.3 Å². The van der Waals surface area contributed by atoms with Gasteiger partial charge in [-0.15, -0.1) is 0 Å². The number of fused-ring (bicyclic) bond motifs is 2. The smallest absolute Gasteiger partial charge is 0.261 e. The highest BCUT2D eigenvalue weighted by Gasteiger charge is 2.09. The van der Waals surface area contributed by atoms with Crippen molar-refractivity contribution in [1.82, 2.24) is 14.5 Å². The van der Waals surface area contributed by atoms with Gasteiger partial charge in [0.25, 0.3) is 5.56 Å². The van der Waals surface area contributed by atoms with Crippen LogP contribution >= 0.6 is 0 Å². The molecule has 0 spiro atoms. The van der Waals surface area contributed by atoms with Crippen molar-refractivity contribution in [1.29, 1.82) is 0 Å². The van der Waals surface area contributed by atoms with Gasteiger partial charge in [-0.3, -0.25) is 14.2 Å². The molecule has 0 aliphatic heterocycles. The van der Waals surface area contributed by atoms with Gasteiger partial charge in [-0.1, -0.05) is 12.1 Å². The molecule has 0 saturated heterocycles. The van der Waals surface area contributed by atoms with Crippen LogP contribution in [0.3, 0.4) is 0 Å². The second-order valence-corrected chi connectivity index (χ2v) is 5.66. The lowest BCUT2D eigenvalue weighted by atomic mass is 10.2. The maximum Gasteiger partial charge on any atom is 0.261 e. The lowest BCUT2D eigenvalue weighted by Gasteiger charge is -2.08. The predicted octanol–water partition coefficient (Wildman–Crippen LogP) is 2.48. The summed E-state index contributed by atoms with van der Waals surface area (Å²) in [6.07, 6.45) is 1.38. The number of rotatable bonds is 3. The van der Waals surface area contributed by atoms with Crippen LogP contribution in [-0.4, -0.2) is 20.4 Å². The summed E-state index contributed by atoms with van der Waals surface area (Å²) >= 11 is 0. The Kier molecular flexibility index (Phi) is 3.53. The van der Waals surface area contributed by atoms with Gasteiger partial charge in [-0.05, 0) is 30.3 Å². The van der Waals surface area contributed by atoms with E-state index in [0.717, 1.165) is 0 Å². The van der Waals surface area contributed by atoms with E-state index < -0.39 is 0 Å². The van der Waals surface area contributed by atoms with Crippen molar-refractivity contribution in [3.63, 3.8) is 0 Å². The maximum absolute atomic E-state index is 12.4. The van der Waals surface area contributed by atoms with E-state index in [4.69, 9.17) is 4.42 Å². The van der Waals surface area contributed by atoms with Gasteiger partial charge in [0.1, 0.15) is 12.1 Å². The fourth-order valence-electron chi connectivity index (χ4n) is 2.69. The van der Waals surface area contributed by atoms with E-state index in [0.29, 0.717) is 33.6 Å². The van der Waals surface area contributed by atoms with Crippen LogP contribution in [0.2, 0.25) is 0 Å². The topological polar surface area (TPSA) is 90.0 Å². The van der Waals surface area contributed by atoms with Gasteiger partial charge < -0.3 is 9.73 Å². The zero-order chi connectivity index (χ0) is 17.4. The zero-order valence-electron chi connectivity index (χ0n) is 13.4. The molecule has 0 unspecified atom stereocenters. The summed E-state index contributed by atoms with van der Waals surface area (Å²) in [6.45, 7) is 1.64. The summed E-state index contributed by atoms with van der Waals surface area (Å²) in [4.78, 5) is 33.1. The zero-order valence-corrected chi connectivity index (χ0v) is 13.4. The number of amides is 1. The second-order valence-electron chi connectivity index (χ2n) is 5.66. The number of aromatic nitrogens is 3. The summed E-state index contributed by atoms with van der Waals surface area (Å²) in [5.74, 6) is 0.242. The van der Waals surface area contributed by atoms with Crippen LogP contribution in [0.25, 0.3) is 22.0 Å². The summed E-state index contributed by atoms with van der Waals surface area (Å²) in [7, 11) is 0. The largest absolute Gasteiger partial charge is 0.441 e. The van der Waals surface area contributed by atoms with E-state index in [2.05, 4.69) is 15.3 Å². The Morgan fingerprint density at radius 3 is 2.92 bits per heavy atom. The number of nitrogens with one attached hydrogen (secondary N) is 1. The molecule has 0 bridgehead atoms. The summed E-state index contributed by atoms with van der Waals surface area (Å²) in [5.41, 5.74) is 2.28. The van der Waals surface area contributed by atoms with Crippen LogP contribution in [0.4, 0.5) is 5.69 Å². The van der Waals surface area contributed by atoms with Gasteiger partial charge in [0.05, 0.1) is 17.2 Å². The Morgan fingerprint density at radius 1 is 1.20 bits per heavy atom. The number of hydrogen-bond acceptors (Lipinski definition) is 5. The lowest BCUT2D eigenvalue weighted by molar-refractivity contribution is -0.116. The number of carbonyl (C=O) groups is 1. The average molecular weight is 334 g/mol. The third kappa shape index (κ3) is 2.87. The van der Waals surface area contributed by atoms with Gasteiger partial charge in [-0.25, -0.2) is 9.97 Å². The maximum atomic E-state index is 12.4. The fraction of sp³-hybridized carbons (Fsp3) is 0.111. The Balaban J connectivity index is 1.57. The minimum absolute atomic E-state index is 0.119. The van der Waals surface area contributed by atoms with E-state index in [1.807, 2.05) is 6.07 Å². The van der Waals surface area contributed by atoms with E-state index in [-0.39, 0.29) is 18.0 Å². The molecular weight excluding hydrogens is 320 g/mol. The standard InChI is InChI=1S/C18H14N4O3/c1-11-20-15-8-12(6-7-16(15)25-11)21-17(23)9-22-10-19-14-5-3-2-4-13(14)18(22)24/h2-8,10H,9H2,1H3,(H,21,23). The molecule has 124 valence electrons. The number of aryl methyl sites for hydroxylation is 1. The van der Waals surface area contributed by atoms with Gasteiger partial charge in [0.2, 0.25) is 5.91 Å². The third-order valence-corrected chi connectivity index (χ3v) is 3.82. The van der Waals surface area contributed by atoms with Gasteiger partial charge in [-0.2, -0.15) is 0 Å². The molecule has 1 amide bonds. The number of carbonyl (C=O) groups excluding carboxylic acids is 1. The molecule has 4 aromatic rings. The molecule has 4 rings (SSSR count). The van der Waals surface area contributed by atoms with Crippen LogP contribution < -0.4 is 10.9 Å². The molecule has 2 heterocycles. The van der Waals surface area contributed by atoms with Crippen molar-refractivity contribution >= 4 is 33.6 Å². The molecule has 1 N–H and O–H groups in total. The minimum atomic E-state index is -0.321. The lowest BCUT2D eigenvalue weighted by Crippen LogP contribution is -2.27. The van der Waals surface area contributed by atoms with Gasteiger partial charge in [0.15, 0.2) is 11.5 Å². The first-order chi connectivity index (χ1) is 12.1. The highest BCUT2D eigenvalue weighted by atomic mass is 16.3. The number of nitrogens with zero attached hydrogens (tertiary/aromatic N) is 3. The summed E-state index contributed by atoms with van der Waals surface area (Å²) < 4.78 is 6.69. The number of anilines is 1. The molecule has 0 aliphatic carbocycles. The molecule has 2 aromatic heterocycles. The molecule has 0 fully saturated rings. The molecule has 0 atom stereocenters.